The maximum Gasteiger partial charge on any atom is 0.239 e. The van der Waals surface area contributed by atoms with E-state index in [1.165, 1.54) is 51.4 Å². The Kier molecular flexibility index (Phi) is 4.32. The fourth-order valence-corrected chi connectivity index (χ4v) is 4.62. The van der Waals surface area contributed by atoms with Gasteiger partial charge in [-0.15, -0.1) is 0 Å². The summed E-state index contributed by atoms with van der Waals surface area (Å²) in [5.41, 5.74) is 5.42. The van der Waals surface area contributed by atoms with Crippen LogP contribution in [0.25, 0.3) is 0 Å². The Labute approximate surface area is 122 Å². The lowest BCUT2D eigenvalue weighted by atomic mass is 9.83. The Morgan fingerprint density at radius 2 is 1.70 bits per heavy atom. The summed E-state index contributed by atoms with van der Waals surface area (Å²) < 4.78 is 0. The molecule has 0 aromatic carbocycles. The molecule has 0 aromatic heterocycles. The Balaban J connectivity index is 1.75. The number of nitrogens with two attached hydrogens (primary N) is 1. The van der Waals surface area contributed by atoms with E-state index in [0.717, 1.165) is 25.9 Å². The molecule has 1 amide bonds. The average Bonchev–Trinajstić information content (AvgIpc) is 2.64. The fourth-order valence-electron chi connectivity index (χ4n) is 4.62. The highest BCUT2D eigenvalue weighted by atomic mass is 16.1. The molecular weight excluding hydrogens is 250 g/mol. The maximum absolute atomic E-state index is 12.3. The number of carbonyl (C=O) groups excluding carboxylic acids is 1. The number of carbonyl (C=O) groups is 1. The second kappa shape index (κ2) is 6.02. The van der Waals surface area contributed by atoms with Crippen molar-refractivity contribution >= 4 is 5.91 Å². The molecule has 1 aliphatic carbocycles. The van der Waals surface area contributed by atoms with Gasteiger partial charge in [0, 0.05) is 18.6 Å². The van der Waals surface area contributed by atoms with Crippen molar-refractivity contribution in [1.82, 2.24) is 10.2 Å². The number of nitrogens with zero attached hydrogens (tertiary/aromatic N) is 1. The van der Waals surface area contributed by atoms with Crippen LogP contribution < -0.4 is 11.1 Å². The lowest BCUT2D eigenvalue weighted by molar-refractivity contribution is -0.126. The summed E-state index contributed by atoms with van der Waals surface area (Å²) in [7, 11) is 0. The molecule has 0 aromatic rings. The topological polar surface area (TPSA) is 58.4 Å². The van der Waals surface area contributed by atoms with Gasteiger partial charge in [-0.2, -0.15) is 0 Å². The molecule has 2 aliphatic heterocycles. The molecule has 20 heavy (non-hydrogen) atoms. The van der Waals surface area contributed by atoms with Gasteiger partial charge >= 0.3 is 0 Å². The standard InChI is InChI=1S/C16H29N3O/c17-15(20)16(18-13-7-3-1-2-4-8-13)10-12-19-11-6-5-9-14(16)19/h13-14,18H,1-12H2,(H2,17,20). The van der Waals surface area contributed by atoms with Crippen LogP contribution in [0.2, 0.25) is 0 Å². The number of amides is 1. The minimum absolute atomic E-state index is 0.115. The zero-order valence-electron chi connectivity index (χ0n) is 12.6. The average molecular weight is 279 g/mol. The monoisotopic (exact) mass is 279 g/mol. The third-order valence-electron chi connectivity index (χ3n) is 5.73. The minimum atomic E-state index is -0.449. The van der Waals surface area contributed by atoms with Crippen LogP contribution in [0.15, 0.2) is 0 Å². The molecule has 3 N–H and O–H groups in total. The van der Waals surface area contributed by atoms with Crippen molar-refractivity contribution in [3.8, 4) is 0 Å². The van der Waals surface area contributed by atoms with Crippen LogP contribution >= 0.6 is 0 Å². The molecule has 0 spiro atoms. The van der Waals surface area contributed by atoms with E-state index < -0.39 is 5.54 Å². The van der Waals surface area contributed by atoms with Gasteiger partial charge in [0.25, 0.3) is 0 Å². The molecule has 2 unspecified atom stereocenters. The van der Waals surface area contributed by atoms with Gasteiger partial charge in [0.15, 0.2) is 0 Å². The van der Waals surface area contributed by atoms with E-state index in [-0.39, 0.29) is 5.91 Å². The first-order valence-electron chi connectivity index (χ1n) is 8.54. The van der Waals surface area contributed by atoms with Gasteiger partial charge in [-0.05, 0) is 38.6 Å². The molecule has 4 heteroatoms. The smallest absolute Gasteiger partial charge is 0.239 e. The minimum Gasteiger partial charge on any atom is -0.368 e. The van der Waals surface area contributed by atoms with Gasteiger partial charge in [-0.3, -0.25) is 15.0 Å². The summed E-state index contributed by atoms with van der Waals surface area (Å²) in [6.07, 6.45) is 12.2. The Morgan fingerprint density at radius 3 is 2.40 bits per heavy atom. The molecule has 1 saturated carbocycles. The highest BCUT2D eigenvalue weighted by molar-refractivity contribution is 5.86. The van der Waals surface area contributed by atoms with Gasteiger partial charge in [-0.25, -0.2) is 0 Å². The van der Waals surface area contributed by atoms with Crippen LogP contribution in [0.5, 0.6) is 0 Å². The molecule has 3 aliphatic rings. The molecule has 4 nitrogen and oxygen atoms in total. The summed E-state index contributed by atoms with van der Waals surface area (Å²) in [4.78, 5) is 14.8. The van der Waals surface area contributed by atoms with Gasteiger partial charge < -0.3 is 5.73 Å². The predicted molar refractivity (Wildman–Crippen MR) is 80.4 cm³/mol. The zero-order valence-corrected chi connectivity index (χ0v) is 12.6. The summed E-state index contributed by atoms with van der Waals surface area (Å²) in [6, 6.07) is 0.837. The summed E-state index contributed by atoms with van der Waals surface area (Å²) in [6.45, 7) is 2.18. The lowest BCUT2D eigenvalue weighted by Gasteiger charge is -2.41. The SMILES string of the molecule is NC(=O)C1(NC2CCCCCC2)CCN2CCCCC21. The number of fused-ring (bicyclic) bond motifs is 1. The van der Waals surface area contributed by atoms with Crippen LogP contribution in [-0.4, -0.2) is 41.5 Å². The number of hydrogen-bond donors (Lipinski definition) is 2. The first-order chi connectivity index (χ1) is 9.72. The van der Waals surface area contributed by atoms with Crippen molar-refractivity contribution in [2.45, 2.75) is 81.8 Å². The van der Waals surface area contributed by atoms with Crippen LogP contribution in [0.3, 0.4) is 0 Å². The van der Waals surface area contributed by atoms with E-state index in [2.05, 4.69) is 10.2 Å². The lowest BCUT2D eigenvalue weighted by Crippen LogP contribution is -2.65. The van der Waals surface area contributed by atoms with Crippen molar-refractivity contribution in [2.75, 3.05) is 13.1 Å². The highest BCUT2D eigenvalue weighted by Gasteiger charge is 2.52. The van der Waals surface area contributed by atoms with E-state index in [1.807, 2.05) is 0 Å². The quantitative estimate of drug-likeness (QED) is 0.774. The van der Waals surface area contributed by atoms with Gasteiger partial charge in [0.2, 0.25) is 5.91 Å². The van der Waals surface area contributed by atoms with Gasteiger partial charge in [0.05, 0.1) is 0 Å². The number of rotatable bonds is 3. The van der Waals surface area contributed by atoms with Crippen LogP contribution in [0.1, 0.15) is 64.2 Å². The van der Waals surface area contributed by atoms with Gasteiger partial charge in [-0.1, -0.05) is 32.1 Å². The van der Waals surface area contributed by atoms with Crippen molar-refractivity contribution in [3.05, 3.63) is 0 Å². The molecule has 2 atom stereocenters. The predicted octanol–water partition coefficient (Wildman–Crippen LogP) is 1.78. The van der Waals surface area contributed by atoms with Gasteiger partial charge in [0.1, 0.15) is 5.54 Å². The Bertz CT molecular complexity index is 352. The normalized spacial score (nSPS) is 36.5. The first kappa shape index (κ1) is 14.3. The van der Waals surface area contributed by atoms with E-state index >= 15 is 0 Å². The van der Waals surface area contributed by atoms with E-state index in [4.69, 9.17) is 5.73 Å². The molecule has 2 saturated heterocycles. The molecule has 0 radical (unpaired) electrons. The van der Waals surface area contributed by atoms with E-state index in [9.17, 15) is 4.79 Å². The van der Waals surface area contributed by atoms with Crippen molar-refractivity contribution in [1.29, 1.82) is 0 Å². The first-order valence-corrected chi connectivity index (χ1v) is 8.54. The fraction of sp³-hybridized carbons (Fsp3) is 0.938. The van der Waals surface area contributed by atoms with Crippen LogP contribution in [0, 0.1) is 0 Å². The summed E-state index contributed by atoms with van der Waals surface area (Å²) in [5, 5.41) is 3.75. The molecule has 3 rings (SSSR count). The maximum atomic E-state index is 12.3. The second-order valence-corrected chi connectivity index (χ2v) is 6.97. The molecule has 114 valence electrons. The third kappa shape index (κ3) is 2.60. The summed E-state index contributed by atoms with van der Waals surface area (Å²) >= 11 is 0. The molecule has 0 bridgehead atoms. The number of nitrogens with one attached hydrogen (secondary N) is 1. The number of piperidine rings is 1. The summed E-state index contributed by atoms with van der Waals surface area (Å²) in [5.74, 6) is -0.115. The van der Waals surface area contributed by atoms with E-state index in [0.29, 0.717) is 12.1 Å². The van der Waals surface area contributed by atoms with Crippen molar-refractivity contribution in [3.63, 3.8) is 0 Å². The molecular formula is C16H29N3O. The zero-order chi connectivity index (χ0) is 14.0. The highest BCUT2D eigenvalue weighted by Crippen LogP contribution is 2.36. The Hall–Kier alpha value is -0.610. The second-order valence-electron chi connectivity index (χ2n) is 6.97. The van der Waals surface area contributed by atoms with Crippen LogP contribution in [-0.2, 0) is 4.79 Å². The van der Waals surface area contributed by atoms with Crippen molar-refractivity contribution in [2.24, 2.45) is 5.73 Å². The largest absolute Gasteiger partial charge is 0.368 e. The number of primary amides is 1. The van der Waals surface area contributed by atoms with E-state index in [1.54, 1.807) is 0 Å². The Morgan fingerprint density at radius 1 is 1.00 bits per heavy atom. The molecule has 2 heterocycles. The van der Waals surface area contributed by atoms with Crippen molar-refractivity contribution < 1.29 is 4.79 Å². The third-order valence-corrected chi connectivity index (χ3v) is 5.73. The van der Waals surface area contributed by atoms with Crippen LogP contribution in [0.4, 0.5) is 0 Å². The molecule has 3 fully saturated rings. The number of hydrogen-bond acceptors (Lipinski definition) is 3.